The van der Waals surface area contributed by atoms with Crippen LogP contribution in [0.15, 0.2) is 74.9 Å². The van der Waals surface area contributed by atoms with Crippen molar-refractivity contribution in [2.24, 2.45) is 0 Å². The lowest BCUT2D eigenvalue weighted by atomic mass is 10.1. The van der Waals surface area contributed by atoms with E-state index in [4.69, 9.17) is 8.92 Å². The largest absolute Gasteiger partial charge is 0.490 e. The van der Waals surface area contributed by atoms with Crippen LogP contribution in [-0.4, -0.2) is 37.0 Å². The number of amides is 3. The van der Waals surface area contributed by atoms with Gasteiger partial charge in [-0.25, -0.2) is 0 Å². The molecule has 0 aromatic heterocycles. The number of ether oxygens (including phenoxy) is 1. The van der Waals surface area contributed by atoms with Crippen LogP contribution in [0.4, 0.5) is 10.5 Å². The maximum atomic E-state index is 13.0. The van der Waals surface area contributed by atoms with E-state index >= 15 is 0 Å². The number of aryl methyl sites for hydroxylation is 1. The summed E-state index contributed by atoms with van der Waals surface area (Å²) in [5.74, 6) is -0.651. The molecule has 0 radical (unpaired) electrons. The fraction of sp³-hybridized carbons (Fsp3) is 0.179. The molecule has 1 saturated heterocycles. The minimum Gasteiger partial charge on any atom is -0.490 e. The van der Waals surface area contributed by atoms with E-state index in [-0.39, 0.29) is 50.1 Å². The summed E-state index contributed by atoms with van der Waals surface area (Å²) in [4.78, 5) is 38.1. The molecule has 0 atom stereocenters. The molecular formula is C28H25BrN2O7S2. The Labute approximate surface area is 244 Å². The van der Waals surface area contributed by atoms with Gasteiger partial charge in [0.05, 0.1) is 22.5 Å². The highest BCUT2D eigenvalue weighted by molar-refractivity contribution is 9.10. The lowest BCUT2D eigenvalue weighted by molar-refractivity contribution is -0.123. The Morgan fingerprint density at radius 3 is 2.38 bits per heavy atom. The molecule has 1 aliphatic rings. The van der Waals surface area contributed by atoms with E-state index in [2.05, 4.69) is 21.2 Å². The van der Waals surface area contributed by atoms with Gasteiger partial charge in [-0.15, -0.1) is 0 Å². The third-order valence-corrected chi connectivity index (χ3v) is 8.35. The number of rotatable bonds is 9. The van der Waals surface area contributed by atoms with E-state index in [1.165, 1.54) is 42.2 Å². The first kappa shape index (κ1) is 29.4. The Hall–Kier alpha value is -3.61. The van der Waals surface area contributed by atoms with Gasteiger partial charge in [-0.05, 0) is 95.1 Å². The van der Waals surface area contributed by atoms with Crippen LogP contribution in [0.25, 0.3) is 6.08 Å². The van der Waals surface area contributed by atoms with Crippen molar-refractivity contribution in [3.8, 4) is 11.5 Å². The first-order chi connectivity index (χ1) is 19.0. The fourth-order valence-electron chi connectivity index (χ4n) is 3.74. The van der Waals surface area contributed by atoms with E-state index in [0.717, 1.165) is 22.9 Å². The molecular weight excluding hydrogens is 620 g/mol. The molecule has 4 rings (SSSR count). The van der Waals surface area contributed by atoms with Crippen LogP contribution in [0.3, 0.4) is 0 Å². The van der Waals surface area contributed by atoms with Crippen LogP contribution in [-0.2, 0) is 26.3 Å². The third-order valence-electron chi connectivity index (χ3n) is 5.62. The predicted octanol–water partition coefficient (Wildman–Crippen LogP) is 6.12. The molecule has 1 fully saturated rings. The lowest BCUT2D eigenvalue weighted by Gasteiger charge is -2.15. The van der Waals surface area contributed by atoms with Crippen molar-refractivity contribution in [1.29, 1.82) is 0 Å². The Morgan fingerprint density at radius 2 is 1.75 bits per heavy atom. The first-order valence-corrected chi connectivity index (χ1v) is 15.1. The van der Waals surface area contributed by atoms with Gasteiger partial charge in [-0.1, -0.05) is 29.8 Å². The van der Waals surface area contributed by atoms with Crippen LogP contribution >= 0.6 is 27.7 Å². The van der Waals surface area contributed by atoms with Gasteiger partial charge in [0.2, 0.25) is 5.91 Å². The monoisotopic (exact) mass is 644 g/mol. The second-order valence-corrected chi connectivity index (χ2v) is 12.2. The van der Waals surface area contributed by atoms with Crippen molar-refractivity contribution >= 4 is 66.6 Å². The smallest absolute Gasteiger partial charge is 0.339 e. The zero-order valence-corrected chi connectivity index (χ0v) is 25.0. The zero-order chi connectivity index (χ0) is 29.0. The van der Waals surface area contributed by atoms with Gasteiger partial charge in [0, 0.05) is 12.6 Å². The molecule has 1 heterocycles. The van der Waals surface area contributed by atoms with E-state index in [9.17, 15) is 22.8 Å². The normalized spacial score (nSPS) is 14.5. The van der Waals surface area contributed by atoms with Crippen LogP contribution < -0.4 is 14.2 Å². The van der Waals surface area contributed by atoms with Crippen molar-refractivity contribution in [3.05, 3.63) is 86.7 Å². The molecule has 3 aromatic rings. The summed E-state index contributed by atoms with van der Waals surface area (Å²) in [5, 5.41) is 2.19. The van der Waals surface area contributed by atoms with E-state index in [1.54, 1.807) is 19.1 Å². The van der Waals surface area contributed by atoms with E-state index in [1.807, 2.05) is 31.2 Å². The predicted molar refractivity (Wildman–Crippen MR) is 157 cm³/mol. The van der Waals surface area contributed by atoms with E-state index < -0.39 is 16.0 Å². The summed E-state index contributed by atoms with van der Waals surface area (Å²) >= 11 is 4.18. The number of halogens is 1. The Kier molecular flexibility index (Phi) is 9.02. The molecule has 3 aromatic carbocycles. The molecule has 40 heavy (non-hydrogen) atoms. The van der Waals surface area contributed by atoms with E-state index in [0.29, 0.717) is 11.3 Å². The van der Waals surface area contributed by atoms with Crippen molar-refractivity contribution in [1.82, 2.24) is 4.90 Å². The molecule has 9 nitrogen and oxygen atoms in total. The second-order valence-electron chi connectivity index (χ2n) is 8.76. The number of hydrogen-bond donors (Lipinski definition) is 1. The number of anilines is 1. The minimum atomic E-state index is -4.26. The third kappa shape index (κ3) is 6.93. The number of benzene rings is 3. The van der Waals surface area contributed by atoms with Crippen molar-refractivity contribution < 1.29 is 31.7 Å². The molecule has 3 amide bonds. The first-order valence-electron chi connectivity index (χ1n) is 12.1. The highest BCUT2D eigenvalue weighted by Gasteiger charge is 2.35. The van der Waals surface area contributed by atoms with Crippen LogP contribution in [0.1, 0.15) is 30.5 Å². The van der Waals surface area contributed by atoms with Gasteiger partial charge in [-0.3, -0.25) is 19.3 Å². The molecule has 1 aliphatic heterocycles. The summed E-state index contributed by atoms with van der Waals surface area (Å²) in [5.41, 5.74) is 2.85. The highest BCUT2D eigenvalue weighted by Crippen LogP contribution is 2.41. The fourth-order valence-corrected chi connectivity index (χ4v) is 6.19. The molecule has 0 saturated carbocycles. The van der Waals surface area contributed by atoms with Gasteiger partial charge in [0.1, 0.15) is 4.90 Å². The maximum absolute atomic E-state index is 13.0. The molecule has 12 heteroatoms. The lowest BCUT2D eigenvalue weighted by Crippen LogP contribution is -2.27. The van der Waals surface area contributed by atoms with Crippen molar-refractivity contribution in [2.45, 2.75) is 32.2 Å². The number of nitrogens with zero attached hydrogens (tertiary/aromatic N) is 1. The average molecular weight is 646 g/mol. The quantitative estimate of drug-likeness (QED) is 0.219. The average Bonchev–Trinajstić information content (AvgIpc) is 3.14. The maximum Gasteiger partial charge on any atom is 0.339 e. The summed E-state index contributed by atoms with van der Waals surface area (Å²) in [6, 6.07) is 16.2. The molecule has 208 valence electrons. The summed E-state index contributed by atoms with van der Waals surface area (Å²) in [7, 11) is -4.26. The van der Waals surface area contributed by atoms with Crippen molar-refractivity contribution in [3.63, 3.8) is 0 Å². The molecule has 0 aliphatic carbocycles. The SMILES string of the molecule is CCOc1cc(/C=C2\SC(=O)N(Cc3ccc(C)cc3)C2=O)cc(Br)c1OS(=O)(=O)c1ccc(NC(C)=O)cc1. The zero-order valence-electron chi connectivity index (χ0n) is 21.8. The molecule has 0 spiro atoms. The van der Waals surface area contributed by atoms with Crippen LogP contribution in [0.5, 0.6) is 11.5 Å². The minimum absolute atomic E-state index is 0.0718. The number of carbonyl (C=O) groups excluding carboxylic acids is 3. The van der Waals surface area contributed by atoms with Crippen LogP contribution in [0, 0.1) is 6.92 Å². The summed E-state index contributed by atoms with van der Waals surface area (Å²) in [6.45, 7) is 5.41. The Balaban J connectivity index is 1.58. The number of nitrogens with one attached hydrogen (secondary N) is 1. The number of thioether (sulfide) groups is 1. The van der Waals surface area contributed by atoms with Gasteiger partial charge in [0.25, 0.3) is 11.1 Å². The van der Waals surface area contributed by atoms with Gasteiger partial charge < -0.3 is 14.2 Å². The summed E-state index contributed by atoms with van der Waals surface area (Å²) in [6.07, 6.45) is 1.55. The van der Waals surface area contributed by atoms with Gasteiger partial charge in [-0.2, -0.15) is 8.42 Å². The van der Waals surface area contributed by atoms with Gasteiger partial charge in [0.15, 0.2) is 11.5 Å². The number of imide groups is 1. The highest BCUT2D eigenvalue weighted by atomic mass is 79.9. The Morgan fingerprint density at radius 1 is 1.07 bits per heavy atom. The number of carbonyl (C=O) groups is 3. The van der Waals surface area contributed by atoms with Gasteiger partial charge >= 0.3 is 10.1 Å². The second kappa shape index (κ2) is 12.3. The standard InChI is InChI=1S/C28H25BrN2O7S2/c1-4-37-24-14-20(15-25-27(33)31(28(34)39-25)16-19-7-5-17(2)6-8-19)13-23(29)26(24)38-40(35,36)22-11-9-21(10-12-22)30-18(3)32/h5-15H,4,16H2,1-3H3,(H,30,32)/b25-15-. The van der Waals surface area contributed by atoms with Crippen LogP contribution in [0.2, 0.25) is 0 Å². The number of hydrogen-bond acceptors (Lipinski definition) is 8. The topological polar surface area (TPSA) is 119 Å². The molecule has 0 bridgehead atoms. The van der Waals surface area contributed by atoms with Crippen molar-refractivity contribution in [2.75, 3.05) is 11.9 Å². The molecule has 0 unspecified atom stereocenters. The molecule has 1 N–H and O–H groups in total. The Bertz CT molecular complexity index is 1600. The summed E-state index contributed by atoms with van der Waals surface area (Å²) < 4.78 is 37.4.